The molecule has 1 aromatic heterocycles. The molecule has 1 saturated heterocycles. The average Bonchev–Trinajstić information content (AvgIpc) is 3.20. The third-order valence-electron chi connectivity index (χ3n) is 3.80. The van der Waals surface area contributed by atoms with E-state index in [9.17, 15) is 4.79 Å². The van der Waals surface area contributed by atoms with E-state index in [0.29, 0.717) is 16.5 Å². The molecule has 5 nitrogen and oxygen atoms in total. The minimum Gasteiger partial charge on any atom is -0.376 e. The first-order valence-corrected chi connectivity index (χ1v) is 9.21. The second-order valence-corrected chi connectivity index (χ2v) is 7.82. The van der Waals surface area contributed by atoms with Gasteiger partial charge < -0.3 is 10.1 Å². The van der Waals surface area contributed by atoms with Crippen molar-refractivity contribution in [2.45, 2.75) is 49.5 Å². The van der Waals surface area contributed by atoms with E-state index in [-0.39, 0.29) is 12.0 Å². The molecule has 3 rings (SSSR count). The summed E-state index contributed by atoms with van der Waals surface area (Å²) in [5.74, 6) is -0.101. The van der Waals surface area contributed by atoms with Crippen molar-refractivity contribution in [1.29, 1.82) is 0 Å². The molecule has 0 aliphatic carbocycles. The van der Waals surface area contributed by atoms with Gasteiger partial charge >= 0.3 is 0 Å². The Kier molecular flexibility index (Phi) is 5.58. The van der Waals surface area contributed by atoms with E-state index >= 15 is 0 Å². The zero-order valence-electron chi connectivity index (χ0n) is 14.1. The second kappa shape index (κ2) is 7.85. The Hall–Kier alpha value is -1.79. The van der Waals surface area contributed by atoms with Crippen LogP contribution in [0.2, 0.25) is 0 Å². The van der Waals surface area contributed by atoms with Gasteiger partial charge in [0.15, 0.2) is 0 Å². The first-order chi connectivity index (χ1) is 11.6. The number of ether oxygens (including phenoxy) is 1. The predicted molar refractivity (Wildman–Crippen MR) is 96.6 cm³/mol. The quantitative estimate of drug-likeness (QED) is 0.809. The van der Waals surface area contributed by atoms with Crippen molar-refractivity contribution in [2.24, 2.45) is 0 Å². The van der Waals surface area contributed by atoms with Crippen LogP contribution in [0.3, 0.4) is 0 Å². The van der Waals surface area contributed by atoms with Crippen molar-refractivity contribution < 1.29 is 9.53 Å². The molecule has 0 unspecified atom stereocenters. The Morgan fingerprint density at radius 1 is 1.46 bits per heavy atom. The summed E-state index contributed by atoms with van der Waals surface area (Å²) in [7, 11) is 0. The maximum Gasteiger partial charge on any atom is 0.256 e. The van der Waals surface area contributed by atoms with Gasteiger partial charge in [0.05, 0.1) is 30.1 Å². The largest absolute Gasteiger partial charge is 0.376 e. The highest BCUT2D eigenvalue weighted by atomic mass is 32.2. The minimum absolute atomic E-state index is 0.101. The van der Waals surface area contributed by atoms with E-state index in [4.69, 9.17) is 4.74 Å². The van der Waals surface area contributed by atoms with Gasteiger partial charge in [0.2, 0.25) is 0 Å². The highest BCUT2D eigenvalue weighted by Crippen LogP contribution is 2.27. The Bertz CT molecular complexity index is 693. The number of thioether (sulfide) groups is 1. The van der Waals surface area contributed by atoms with Crippen LogP contribution >= 0.6 is 11.8 Å². The first-order valence-electron chi connectivity index (χ1n) is 8.33. The lowest BCUT2D eigenvalue weighted by molar-refractivity contribution is 0.0940. The van der Waals surface area contributed by atoms with Gasteiger partial charge in [-0.2, -0.15) is 5.10 Å². The monoisotopic (exact) mass is 345 g/mol. The summed E-state index contributed by atoms with van der Waals surface area (Å²) in [6, 6.07) is 7.69. The zero-order chi connectivity index (χ0) is 16.9. The van der Waals surface area contributed by atoms with Crippen LogP contribution in [0, 0.1) is 0 Å². The van der Waals surface area contributed by atoms with Crippen LogP contribution in [0.1, 0.15) is 37.0 Å². The Labute approximate surface area is 146 Å². The van der Waals surface area contributed by atoms with Crippen LogP contribution in [0.4, 0.5) is 5.69 Å². The van der Waals surface area contributed by atoms with Crippen molar-refractivity contribution in [1.82, 2.24) is 9.78 Å². The van der Waals surface area contributed by atoms with Gasteiger partial charge in [-0.1, -0.05) is 26.0 Å². The molecule has 2 heterocycles. The Balaban J connectivity index is 1.65. The molecule has 2 aromatic rings. The van der Waals surface area contributed by atoms with Crippen LogP contribution in [0.15, 0.2) is 41.6 Å². The smallest absolute Gasteiger partial charge is 0.256 e. The van der Waals surface area contributed by atoms with Crippen molar-refractivity contribution in [3.05, 3.63) is 42.2 Å². The molecule has 0 radical (unpaired) electrons. The maximum absolute atomic E-state index is 12.6. The summed E-state index contributed by atoms with van der Waals surface area (Å²) < 4.78 is 7.45. The highest BCUT2D eigenvalue weighted by Gasteiger charge is 2.17. The van der Waals surface area contributed by atoms with Crippen LogP contribution in [-0.4, -0.2) is 33.6 Å². The van der Waals surface area contributed by atoms with Crippen molar-refractivity contribution in [3.8, 4) is 0 Å². The summed E-state index contributed by atoms with van der Waals surface area (Å²) in [6.45, 7) is 5.80. The van der Waals surface area contributed by atoms with E-state index in [1.54, 1.807) is 18.0 Å². The van der Waals surface area contributed by atoms with E-state index in [1.165, 1.54) is 0 Å². The zero-order valence-corrected chi connectivity index (χ0v) is 14.9. The van der Waals surface area contributed by atoms with E-state index < -0.39 is 0 Å². The van der Waals surface area contributed by atoms with E-state index in [0.717, 1.165) is 30.9 Å². The summed E-state index contributed by atoms with van der Waals surface area (Å²) >= 11 is 1.69. The van der Waals surface area contributed by atoms with Crippen molar-refractivity contribution in [2.75, 3.05) is 11.9 Å². The van der Waals surface area contributed by atoms with Crippen LogP contribution in [-0.2, 0) is 11.3 Å². The molecular weight excluding hydrogens is 322 g/mol. The number of hydrogen-bond acceptors (Lipinski definition) is 4. The SMILES string of the molecule is CC(C)Sc1ccccc1C(=O)Nc1cnn(C[C@@H]2CCCO2)c1. The van der Waals surface area contributed by atoms with Gasteiger partial charge in [-0.15, -0.1) is 11.8 Å². The molecular formula is C18H23N3O2S. The number of benzene rings is 1. The predicted octanol–water partition coefficient (Wildman–Crippen LogP) is 3.81. The van der Waals surface area contributed by atoms with Gasteiger partial charge in [0.1, 0.15) is 0 Å². The molecule has 128 valence electrons. The third kappa shape index (κ3) is 4.39. The number of nitrogens with one attached hydrogen (secondary N) is 1. The number of amides is 1. The van der Waals surface area contributed by atoms with Gasteiger partial charge in [-0.3, -0.25) is 9.48 Å². The van der Waals surface area contributed by atoms with Crippen molar-refractivity contribution >= 4 is 23.4 Å². The van der Waals surface area contributed by atoms with Gasteiger partial charge in [0, 0.05) is 22.9 Å². The number of hydrogen-bond donors (Lipinski definition) is 1. The molecule has 24 heavy (non-hydrogen) atoms. The standard InChI is InChI=1S/C18H23N3O2S/c1-13(2)24-17-8-4-3-7-16(17)18(22)20-14-10-19-21(11-14)12-15-6-5-9-23-15/h3-4,7-8,10-11,13,15H,5-6,9,12H2,1-2H3,(H,20,22)/t15-/m0/s1. The lowest BCUT2D eigenvalue weighted by Gasteiger charge is -2.11. The van der Waals surface area contributed by atoms with Gasteiger partial charge in [0.25, 0.3) is 5.91 Å². The summed E-state index contributed by atoms with van der Waals surface area (Å²) in [4.78, 5) is 13.6. The number of carbonyl (C=O) groups is 1. The third-order valence-corrected chi connectivity index (χ3v) is 4.88. The number of anilines is 1. The highest BCUT2D eigenvalue weighted by molar-refractivity contribution is 8.00. The van der Waals surface area contributed by atoms with Crippen molar-refractivity contribution in [3.63, 3.8) is 0 Å². The van der Waals surface area contributed by atoms with Gasteiger partial charge in [-0.05, 0) is 25.0 Å². The van der Waals surface area contributed by atoms with E-state index in [2.05, 4.69) is 24.3 Å². The molecule has 1 N–H and O–H groups in total. The lowest BCUT2D eigenvalue weighted by Crippen LogP contribution is -2.15. The molecule has 0 saturated carbocycles. The molecule has 1 aromatic carbocycles. The first kappa shape index (κ1) is 17.0. The fourth-order valence-corrected chi connectivity index (χ4v) is 3.69. The minimum atomic E-state index is -0.101. The Morgan fingerprint density at radius 3 is 3.04 bits per heavy atom. The van der Waals surface area contributed by atoms with E-state index in [1.807, 2.05) is 35.1 Å². The normalized spacial score (nSPS) is 17.4. The molecule has 1 aliphatic rings. The number of nitrogens with zero attached hydrogens (tertiary/aromatic N) is 2. The van der Waals surface area contributed by atoms with Gasteiger partial charge in [-0.25, -0.2) is 0 Å². The van der Waals surface area contributed by atoms with Crippen LogP contribution in [0.5, 0.6) is 0 Å². The summed E-state index contributed by atoms with van der Waals surface area (Å²) in [5, 5.41) is 7.68. The molecule has 0 bridgehead atoms. The molecule has 1 aliphatic heterocycles. The molecule has 1 fully saturated rings. The number of aromatic nitrogens is 2. The molecule has 1 atom stereocenters. The summed E-state index contributed by atoms with van der Waals surface area (Å²) in [5.41, 5.74) is 1.41. The topological polar surface area (TPSA) is 56.2 Å². The Morgan fingerprint density at radius 2 is 2.29 bits per heavy atom. The molecule has 0 spiro atoms. The van der Waals surface area contributed by atoms with Crippen LogP contribution in [0.25, 0.3) is 0 Å². The second-order valence-electron chi connectivity index (χ2n) is 6.20. The lowest BCUT2D eigenvalue weighted by atomic mass is 10.2. The fraction of sp³-hybridized carbons (Fsp3) is 0.444. The number of rotatable bonds is 6. The maximum atomic E-state index is 12.6. The average molecular weight is 345 g/mol. The molecule has 1 amide bonds. The number of carbonyl (C=O) groups excluding carboxylic acids is 1. The summed E-state index contributed by atoms with van der Waals surface area (Å²) in [6.07, 6.45) is 5.96. The molecule has 6 heteroatoms. The fourth-order valence-electron chi connectivity index (χ4n) is 2.73. The van der Waals surface area contributed by atoms with Crippen LogP contribution < -0.4 is 5.32 Å².